The van der Waals surface area contributed by atoms with Crippen LogP contribution in [0.5, 0.6) is 0 Å². The van der Waals surface area contributed by atoms with E-state index in [0.29, 0.717) is 6.42 Å². The maximum atomic E-state index is 13.2. The normalized spacial score (nSPS) is 15.9. The Balaban J connectivity index is 1.61. The number of rotatable bonds is 5. The number of anilines is 1. The van der Waals surface area contributed by atoms with E-state index in [4.69, 9.17) is 5.10 Å². The van der Waals surface area contributed by atoms with Crippen LogP contribution in [0.4, 0.5) is 5.69 Å². The van der Waals surface area contributed by atoms with Gasteiger partial charge in [-0.2, -0.15) is 5.10 Å². The fraction of sp³-hybridized carbons (Fsp3) is 0.200. The average molecular weight is 383 g/mol. The number of nitrogens with zero attached hydrogens (tertiary/aromatic N) is 3. The summed E-state index contributed by atoms with van der Waals surface area (Å²) in [5.41, 5.74) is 5.35. The van der Waals surface area contributed by atoms with E-state index in [2.05, 4.69) is 43.3 Å². The number of hydrazone groups is 1. The van der Waals surface area contributed by atoms with Crippen molar-refractivity contribution in [3.05, 3.63) is 102 Å². The lowest BCUT2D eigenvalue weighted by atomic mass is 9.98. The third-order valence-electron chi connectivity index (χ3n) is 5.30. The Morgan fingerprint density at radius 2 is 1.59 bits per heavy atom. The predicted molar refractivity (Wildman–Crippen MR) is 118 cm³/mol. The van der Waals surface area contributed by atoms with Crippen LogP contribution in [0.25, 0.3) is 0 Å². The van der Waals surface area contributed by atoms with Gasteiger partial charge in [0.1, 0.15) is 0 Å². The van der Waals surface area contributed by atoms with Crippen LogP contribution in [-0.2, 0) is 4.79 Å². The smallest absolute Gasteiger partial charge is 0.262 e. The van der Waals surface area contributed by atoms with Crippen LogP contribution in [0.3, 0.4) is 0 Å². The van der Waals surface area contributed by atoms with Crippen molar-refractivity contribution < 1.29 is 4.79 Å². The van der Waals surface area contributed by atoms with E-state index in [0.717, 1.165) is 22.5 Å². The van der Waals surface area contributed by atoms with Crippen LogP contribution in [0, 0.1) is 6.92 Å². The zero-order valence-electron chi connectivity index (χ0n) is 16.8. The molecule has 0 radical (unpaired) electrons. The molecule has 3 aromatic rings. The standard InChI is InChI=1S/C25H25N3O/c1-19-13-15-21(16-14-19)24-17-23(20-9-5-3-6-10-20)26-28(24)25(29)18-27(2)22-11-7-4-8-12-22/h3-16,24H,17-18H2,1-2H3. The molecular weight excluding hydrogens is 358 g/mol. The van der Waals surface area contributed by atoms with Crippen molar-refractivity contribution in [2.24, 2.45) is 5.10 Å². The van der Waals surface area contributed by atoms with Gasteiger partial charge in [-0.3, -0.25) is 4.79 Å². The molecule has 1 aliphatic rings. The number of benzene rings is 3. The average Bonchev–Trinajstić information content (AvgIpc) is 3.21. The van der Waals surface area contributed by atoms with Gasteiger partial charge in [-0.25, -0.2) is 5.01 Å². The highest BCUT2D eigenvalue weighted by Gasteiger charge is 2.33. The van der Waals surface area contributed by atoms with E-state index in [1.54, 1.807) is 5.01 Å². The molecule has 0 spiro atoms. The highest BCUT2D eigenvalue weighted by atomic mass is 16.2. The van der Waals surface area contributed by atoms with Gasteiger partial charge >= 0.3 is 0 Å². The first-order valence-electron chi connectivity index (χ1n) is 9.89. The third kappa shape index (κ3) is 4.21. The second kappa shape index (κ2) is 8.31. The lowest BCUT2D eigenvalue weighted by Gasteiger charge is -2.25. The van der Waals surface area contributed by atoms with Crippen LogP contribution in [0.1, 0.15) is 29.2 Å². The first-order valence-corrected chi connectivity index (χ1v) is 9.89. The lowest BCUT2D eigenvalue weighted by molar-refractivity contribution is -0.131. The molecule has 0 saturated carbocycles. The maximum Gasteiger partial charge on any atom is 0.262 e. The Morgan fingerprint density at radius 1 is 0.966 bits per heavy atom. The van der Waals surface area contributed by atoms with Gasteiger partial charge in [0.05, 0.1) is 18.3 Å². The van der Waals surface area contributed by atoms with Crippen molar-refractivity contribution in [1.82, 2.24) is 5.01 Å². The zero-order valence-corrected chi connectivity index (χ0v) is 16.8. The van der Waals surface area contributed by atoms with Gasteiger partial charge in [-0.1, -0.05) is 78.4 Å². The van der Waals surface area contributed by atoms with Crippen LogP contribution in [0.15, 0.2) is 90.0 Å². The largest absolute Gasteiger partial charge is 0.365 e. The molecule has 0 aromatic heterocycles. The van der Waals surface area contributed by atoms with E-state index in [9.17, 15) is 4.79 Å². The van der Waals surface area contributed by atoms with Gasteiger partial charge in [0.25, 0.3) is 5.91 Å². The molecule has 1 amide bonds. The summed E-state index contributed by atoms with van der Waals surface area (Å²) >= 11 is 0. The molecule has 4 nitrogen and oxygen atoms in total. The topological polar surface area (TPSA) is 35.9 Å². The Bertz CT molecular complexity index is 997. The number of carbonyl (C=O) groups is 1. The SMILES string of the molecule is Cc1ccc(C2CC(c3ccccc3)=NN2C(=O)CN(C)c2ccccc2)cc1. The van der Waals surface area contributed by atoms with E-state index in [-0.39, 0.29) is 18.5 Å². The van der Waals surface area contributed by atoms with Gasteiger partial charge in [-0.15, -0.1) is 0 Å². The van der Waals surface area contributed by atoms with Gasteiger partial charge in [0.15, 0.2) is 0 Å². The van der Waals surface area contributed by atoms with Gasteiger partial charge in [0.2, 0.25) is 0 Å². The van der Waals surface area contributed by atoms with E-state index >= 15 is 0 Å². The molecule has 3 aromatic carbocycles. The fourth-order valence-corrected chi connectivity index (χ4v) is 3.64. The van der Waals surface area contributed by atoms with Crippen LogP contribution in [0.2, 0.25) is 0 Å². The summed E-state index contributed by atoms with van der Waals surface area (Å²) in [5, 5.41) is 6.43. The van der Waals surface area contributed by atoms with Gasteiger partial charge in [0, 0.05) is 19.2 Å². The molecule has 0 aliphatic carbocycles. The van der Waals surface area contributed by atoms with Crippen molar-refractivity contribution >= 4 is 17.3 Å². The minimum absolute atomic E-state index is 0.00661. The van der Waals surface area contributed by atoms with Crippen LogP contribution < -0.4 is 4.90 Å². The van der Waals surface area contributed by atoms with E-state index in [1.165, 1.54) is 5.56 Å². The molecule has 4 heteroatoms. The van der Waals surface area contributed by atoms with Gasteiger partial charge < -0.3 is 4.90 Å². The Hall–Kier alpha value is -3.40. The number of para-hydroxylation sites is 1. The molecule has 1 unspecified atom stereocenters. The Morgan fingerprint density at radius 3 is 2.24 bits per heavy atom. The Labute approximate surface area is 172 Å². The minimum Gasteiger partial charge on any atom is -0.365 e. The molecule has 29 heavy (non-hydrogen) atoms. The van der Waals surface area contributed by atoms with Gasteiger partial charge in [-0.05, 0) is 30.2 Å². The first-order chi connectivity index (χ1) is 14.1. The molecule has 1 atom stereocenters. The lowest BCUT2D eigenvalue weighted by Crippen LogP contribution is -2.36. The van der Waals surface area contributed by atoms with Crippen molar-refractivity contribution in [1.29, 1.82) is 0 Å². The highest BCUT2D eigenvalue weighted by Crippen LogP contribution is 2.33. The first kappa shape index (κ1) is 18.9. The molecule has 0 fully saturated rings. The summed E-state index contributed by atoms with van der Waals surface area (Å²) in [6.07, 6.45) is 0.716. The highest BCUT2D eigenvalue weighted by molar-refractivity contribution is 6.03. The summed E-state index contributed by atoms with van der Waals surface area (Å²) in [6, 6.07) is 28.4. The van der Waals surface area contributed by atoms with Crippen LogP contribution in [-0.4, -0.2) is 30.2 Å². The molecule has 4 rings (SSSR count). The van der Waals surface area contributed by atoms with Crippen LogP contribution >= 0.6 is 0 Å². The van der Waals surface area contributed by atoms with Crippen molar-refractivity contribution in [2.75, 3.05) is 18.5 Å². The van der Waals surface area contributed by atoms with E-state index in [1.807, 2.05) is 60.5 Å². The molecule has 146 valence electrons. The monoisotopic (exact) mass is 383 g/mol. The second-order valence-electron chi connectivity index (χ2n) is 7.47. The number of likely N-dealkylation sites (N-methyl/N-ethyl adjacent to an activating group) is 1. The molecular formula is C25H25N3O. The van der Waals surface area contributed by atoms with Crippen molar-refractivity contribution in [2.45, 2.75) is 19.4 Å². The number of aryl methyl sites for hydroxylation is 1. The minimum atomic E-state index is -0.0810. The summed E-state index contributed by atoms with van der Waals surface area (Å²) in [4.78, 5) is 15.2. The molecule has 0 bridgehead atoms. The molecule has 0 N–H and O–H groups in total. The second-order valence-corrected chi connectivity index (χ2v) is 7.47. The number of hydrogen-bond donors (Lipinski definition) is 0. The number of amides is 1. The zero-order chi connectivity index (χ0) is 20.2. The maximum absolute atomic E-state index is 13.2. The Kier molecular flexibility index (Phi) is 5.43. The summed E-state index contributed by atoms with van der Waals surface area (Å²) in [5.74, 6) is -0.00661. The number of carbonyl (C=O) groups excluding carboxylic acids is 1. The summed E-state index contributed by atoms with van der Waals surface area (Å²) in [6.45, 7) is 2.35. The third-order valence-corrected chi connectivity index (χ3v) is 5.30. The molecule has 1 heterocycles. The summed E-state index contributed by atoms with van der Waals surface area (Å²) in [7, 11) is 1.94. The molecule has 1 aliphatic heterocycles. The van der Waals surface area contributed by atoms with Crippen molar-refractivity contribution in [3.8, 4) is 0 Å². The quantitative estimate of drug-likeness (QED) is 0.634. The number of hydrogen-bond acceptors (Lipinski definition) is 3. The molecule has 0 saturated heterocycles. The van der Waals surface area contributed by atoms with E-state index < -0.39 is 0 Å². The predicted octanol–water partition coefficient (Wildman–Crippen LogP) is 4.81. The fourth-order valence-electron chi connectivity index (χ4n) is 3.64. The van der Waals surface area contributed by atoms with Crippen molar-refractivity contribution in [3.63, 3.8) is 0 Å². The summed E-state index contributed by atoms with van der Waals surface area (Å²) < 4.78 is 0.